The average Bonchev–Trinajstić information content (AvgIpc) is 2.35. The van der Waals surface area contributed by atoms with E-state index < -0.39 is 10.0 Å². The second-order valence-corrected chi connectivity index (χ2v) is 7.20. The maximum Gasteiger partial charge on any atom is 0.306 e. The molecule has 0 radical (unpaired) electrons. The van der Waals surface area contributed by atoms with Crippen LogP contribution in [0, 0.1) is 5.92 Å². The lowest BCUT2D eigenvalue weighted by atomic mass is 9.99. The van der Waals surface area contributed by atoms with Gasteiger partial charge in [0.15, 0.2) is 0 Å². The van der Waals surface area contributed by atoms with Crippen LogP contribution >= 0.6 is 0 Å². The Morgan fingerprint density at radius 1 is 1.47 bits per heavy atom. The van der Waals surface area contributed by atoms with Gasteiger partial charge in [0.2, 0.25) is 10.0 Å². The van der Waals surface area contributed by atoms with Crippen molar-refractivity contribution in [3.63, 3.8) is 0 Å². The monoisotopic (exact) mass is 292 g/mol. The van der Waals surface area contributed by atoms with Gasteiger partial charge in [0.25, 0.3) is 0 Å². The third-order valence-corrected chi connectivity index (χ3v) is 4.72. The second kappa shape index (κ2) is 7.21. The van der Waals surface area contributed by atoms with E-state index >= 15 is 0 Å². The van der Waals surface area contributed by atoms with Crippen LogP contribution < -0.4 is 0 Å². The molecule has 1 aliphatic rings. The van der Waals surface area contributed by atoms with Gasteiger partial charge in [-0.2, -0.15) is 0 Å². The quantitative estimate of drug-likeness (QED) is 0.652. The number of ether oxygens (including phenoxy) is 1. The minimum Gasteiger partial charge on any atom is -0.469 e. The highest BCUT2D eigenvalue weighted by atomic mass is 32.2. The molecule has 1 unspecified atom stereocenters. The number of hydrogen-bond donors (Lipinski definition) is 0. The van der Waals surface area contributed by atoms with Crippen LogP contribution in [0.25, 0.3) is 0 Å². The Hall–Kier alpha value is -0.660. The van der Waals surface area contributed by atoms with Crippen molar-refractivity contribution in [1.29, 1.82) is 0 Å². The molecule has 0 aromatic carbocycles. The van der Waals surface area contributed by atoms with Gasteiger partial charge in [0.1, 0.15) is 0 Å². The van der Waals surface area contributed by atoms with Crippen molar-refractivity contribution in [3.8, 4) is 0 Å². The predicted octanol–water partition coefficient (Wildman–Crippen LogP) is 0.153. The summed E-state index contributed by atoms with van der Waals surface area (Å²) in [6.07, 6.45) is 3.57. The number of rotatable bonds is 6. The van der Waals surface area contributed by atoms with Gasteiger partial charge in [-0.1, -0.05) is 0 Å². The molecule has 0 aromatic rings. The van der Waals surface area contributed by atoms with Crippen LogP contribution in [0.1, 0.15) is 19.3 Å². The molecule has 7 heteroatoms. The van der Waals surface area contributed by atoms with Crippen molar-refractivity contribution in [2.75, 3.05) is 46.6 Å². The van der Waals surface area contributed by atoms with E-state index in [9.17, 15) is 13.2 Å². The first-order valence-corrected chi connectivity index (χ1v) is 8.38. The van der Waals surface area contributed by atoms with Crippen molar-refractivity contribution in [2.45, 2.75) is 19.3 Å². The molecule has 0 amide bonds. The molecule has 1 atom stereocenters. The van der Waals surface area contributed by atoms with Crippen LogP contribution in [0.4, 0.5) is 0 Å². The normalized spacial score (nSPS) is 21.6. The van der Waals surface area contributed by atoms with Crippen molar-refractivity contribution in [3.05, 3.63) is 0 Å². The van der Waals surface area contributed by atoms with Gasteiger partial charge in [-0.25, -0.2) is 12.7 Å². The van der Waals surface area contributed by atoms with Crippen LogP contribution in [0.3, 0.4) is 0 Å². The second-order valence-electron chi connectivity index (χ2n) is 5.22. The van der Waals surface area contributed by atoms with E-state index in [2.05, 4.69) is 9.64 Å². The lowest BCUT2D eigenvalue weighted by Crippen LogP contribution is -2.42. The Labute approximate surface area is 115 Å². The van der Waals surface area contributed by atoms with E-state index in [1.807, 2.05) is 7.05 Å². The first kappa shape index (κ1) is 16.4. The van der Waals surface area contributed by atoms with Crippen LogP contribution in [0.5, 0.6) is 0 Å². The van der Waals surface area contributed by atoms with E-state index in [0.29, 0.717) is 32.0 Å². The van der Waals surface area contributed by atoms with Crippen molar-refractivity contribution in [1.82, 2.24) is 9.21 Å². The molecule has 0 aliphatic carbocycles. The number of piperidine rings is 1. The minimum atomic E-state index is -3.08. The Kier molecular flexibility index (Phi) is 6.22. The molecular weight excluding hydrogens is 268 g/mol. The summed E-state index contributed by atoms with van der Waals surface area (Å²) in [4.78, 5) is 13.1. The third-order valence-electron chi connectivity index (χ3n) is 3.45. The summed E-state index contributed by atoms with van der Waals surface area (Å²) in [6, 6.07) is 0. The van der Waals surface area contributed by atoms with E-state index in [1.165, 1.54) is 13.4 Å². The van der Waals surface area contributed by atoms with Gasteiger partial charge < -0.3 is 9.64 Å². The summed E-state index contributed by atoms with van der Waals surface area (Å²) in [5.41, 5.74) is 0. The molecular formula is C12H24N2O4S. The van der Waals surface area contributed by atoms with E-state index in [1.54, 1.807) is 4.31 Å². The highest BCUT2D eigenvalue weighted by Crippen LogP contribution is 2.19. The van der Waals surface area contributed by atoms with Crippen LogP contribution in [-0.4, -0.2) is 70.2 Å². The Morgan fingerprint density at radius 3 is 2.74 bits per heavy atom. The lowest BCUT2D eigenvalue weighted by Gasteiger charge is -2.33. The maximum atomic E-state index is 11.5. The first-order chi connectivity index (χ1) is 8.82. The molecule has 1 fully saturated rings. The summed E-state index contributed by atoms with van der Waals surface area (Å²) < 4.78 is 29.2. The summed E-state index contributed by atoms with van der Waals surface area (Å²) in [5, 5.41) is 0. The molecule has 0 N–H and O–H groups in total. The number of carbonyl (C=O) groups is 1. The molecule has 0 aromatic heterocycles. The van der Waals surface area contributed by atoms with E-state index in [4.69, 9.17) is 0 Å². The largest absolute Gasteiger partial charge is 0.469 e. The molecule has 0 spiro atoms. The summed E-state index contributed by atoms with van der Waals surface area (Å²) in [5.74, 6) is 0.124. The van der Waals surface area contributed by atoms with Gasteiger partial charge in [0.05, 0.1) is 19.8 Å². The highest BCUT2D eigenvalue weighted by molar-refractivity contribution is 7.88. The van der Waals surface area contributed by atoms with E-state index in [0.717, 1.165) is 19.4 Å². The molecule has 1 heterocycles. The molecule has 1 rings (SSSR count). The van der Waals surface area contributed by atoms with Gasteiger partial charge in [-0.3, -0.25) is 4.79 Å². The smallest absolute Gasteiger partial charge is 0.306 e. The molecule has 0 saturated carbocycles. The zero-order valence-electron chi connectivity index (χ0n) is 12.0. The van der Waals surface area contributed by atoms with Crippen LogP contribution in [0.2, 0.25) is 0 Å². The van der Waals surface area contributed by atoms with Crippen LogP contribution in [-0.2, 0) is 19.6 Å². The summed E-state index contributed by atoms with van der Waals surface area (Å²) >= 11 is 0. The third kappa shape index (κ3) is 5.88. The first-order valence-electron chi connectivity index (χ1n) is 6.53. The van der Waals surface area contributed by atoms with Crippen molar-refractivity contribution >= 4 is 16.0 Å². The minimum absolute atomic E-state index is 0.215. The molecule has 19 heavy (non-hydrogen) atoms. The number of methoxy groups -OCH3 is 1. The average molecular weight is 292 g/mol. The van der Waals surface area contributed by atoms with Gasteiger partial charge in [-0.15, -0.1) is 0 Å². The Balaban J connectivity index is 2.38. The Morgan fingerprint density at radius 2 is 2.16 bits per heavy atom. The summed E-state index contributed by atoms with van der Waals surface area (Å²) in [7, 11) is 0.246. The topological polar surface area (TPSA) is 66.9 Å². The standard InChI is InChI=1S/C12H24N2O4S/c1-13(8-6-12(15)18-2)9-11-5-4-7-14(10-11)19(3,16)17/h11H,4-10H2,1-3H3. The van der Waals surface area contributed by atoms with Gasteiger partial charge in [0, 0.05) is 26.2 Å². The number of esters is 1. The zero-order valence-corrected chi connectivity index (χ0v) is 12.8. The summed E-state index contributed by atoms with van der Waals surface area (Å²) in [6.45, 7) is 2.66. The van der Waals surface area contributed by atoms with Gasteiger partial charge in [-0.05, 0) is 25.8 Å². The fourth-order valence-electron chi connectivity index (χ4n) is 2.39. The molecule has 0 bridgehead atoms. The van der Waals surface area contributed by atoms with Crippen molar-refractivity contribution < 1.29 is 17.9 Å². The number of hydrogen-bond acceptors (Lipinski definition) is 5. The molecule has 6 nitrogen and oxygen atoms in total. The van der Waals surface area contributed by atoms with Crippen molar-refractivity contribution in [2.24, 2.45) is 5.92 Å². The van der Waals surface area contributed by atoms with Gasteiger partial charge >= 0.3 is 5.97 Å². The fourth-order valence-corrected chi connectivity index (χ4v) is 3.34. The predicted molar refractivity (Wildman–Crippen MR) is 73.3 cm³/mol. The number of nitrogens with zero attached hydrogens (tertiary/aromatic N) is 2. The van der Waals surface area contributed by atoms with Crippen LogP contribution in [0.15, 0.2) is 0 Å². The number of sulfonamides is 1. The molecule has 1 saturated heterocycles. The lowest BCUT2D eigenvalue weighted by molar-refractivity contribution is -0.140. The molecule has 1 aliphatic heterocycles. The van der Waals surface area contributed by atoms with E-state index in [-0.39, 0.29) is 5.97 Å². The maximum absolute atomic E-state index is 11.5. The number of carbonyl (C=O) groups excluding carboxylic acids is 1. The fraction of sp³-hybridized carbons (Fsp3) is 0.917. The zero-order chi connectivity index (χ0) is 14.5. The SMILES string of the molecule is COC(=O)CCN(C)CC1CCCN(S(C)(=O)=O)C1. The highest BCUT2D eigenvalue weighted by Gasteiger charge is 2.26. The Bertz CT molecular complexity index is 397. The molecule has 112 valence electrons.